The van der Waals surface area contributed by atoms with E-state index in [0.717, 1.165) is 0 Å². The van der Waals surface area contributed by atoms with Gasteiger partial charge in [-0.2, -0.15) is 0 Å². The van der Waals surface area contributed by atoms with Crippen LogP contribution in [-0.2, 0) is 11.2 Å². The molecular formula is C13H11ClFN3O2. The van der Waals surface area contributed by atoms with Gasteiger partial charge < -0.3 is 10.5 Å². The zero-order valence-electron chi connectivity index (χ0n) is 10.6. The number of nitrogens with two attached hydrogens (primary N) is 1. The Kier molecular flexibility index (Phi) is 4.14. The number of methoxy groups -OCH3 is 1. The van der Waals surface area contributed by atoms with Crippen molar-refractivity contribution in [2.24, 2.45) is 0 Å². The summed E-state index contributed by atoms with van der Waals surface area (Å²) in [7, 11) is 1.23. The maximum atomic E-state index is 13.8. The molecule has 1 aromatic carbocycles. The van der Waals surface area contributed by atoms with Gasteiger partial charge in [-0.3, -0.25) is 0 Å². The molecule has 1 aromatic heterocycles. The van der Waals surface area contributed by atoms with Crippen molar-refractivity contribution in [1.82, 2.24) is 9.97 Å². The van der Waals surface area contributed by atoms with Crippen LogP contribution in [0.3, 0.4) is 0 Å². The van der Waals surface area contributed by atoms with Crippen LogP contribution in [0.4, 0.5) is 10.2 Å². The van der Waals surface area contributed by atoms with Crippen LogP contribution in [-0.4, -0.2) is 23.0 Å². The van der Waals surface area contributed by atoms with Gasteiger partial charge in [-0.25, -0.2) is 19.2 Å². The molecule has 0 amide bonds. The molecule has 0 atom stereocenters. The molecule has 1 heterocycles. The molecule has 0 spiro atoms. The molecular weight excluding hydrogens is 285 g/mol. The van der Waals surface area contributed by atoms with Crippen LogP contribution in [0.5, 0.6) is 0 Å². The molecule has 0 aliphatic carbocycles. The van der Waals surface area contributed by atoms with Gasteiger partial charge in [-0.1, -0.05) is 23.7 Å². The molecule has 0 radical (unpaired) electrons. The first-order valence-corrected chi connectivity index (χ1v) is 6.03. The number of carbonyl (C=O) groups excluding carboxylic acids is 1. The summed E-state index contributed by atoms with van der Waals surface area (Å²) >= 11 is 5.70. The molecule has 2 rings (SSSR count). The molecule has 0 unspecified atom stereocenters. The van der Waals surface area contributed by atoms with E-state index in [1.54, 1.807) is 12.1 Å². The van der Waals surface area contributed by atoms with E-state index in [2.05, 4.69) is 14.7 Å². The van der Waals surface area contributed by atoms with E-state index in [1.807, 2.05) is 0 Å². The largest absolute Gasteiger partial charge is 0.465 e. The summed E-state index contributed by atoms with van der Waals surface area (Å²) in [4.78, 5) is 19.3. The number of carbonyl (C=O) groups is 1. The average molecular weight is 296 g/mol. The quantitative estimate of drug-likeness (QED) is 0.879. The predicted octanol–water partition coefficient (Wildman–Crippen LogP) is 2.23. The average Bonchev–Trinajstić information content (AvgIpc) is 2.43. The minimum absolute atomic E-state index is 0.00992. The van der Waals surface area contributed by atoms with E-state index in [0.29, 0.717) is 5.56 Å². The molecule has 2 N–H and O–H groups in total. The third-order valence-corrected chi connectivity index (χ3v) is 2.95. The molecule has 0 saturated heterocycles. The number of hydrogen-bond acceptors (Lipinski definition) is 5. The fraction of sp³-hybridized carbons (Fsp3) is 0.154. The SMILES string of the molecule is COC(=O)c1cnc(Cc2cccc(Cl)c2F)nc1N. The van der Waals surface area contributed by atoms with Crippen LogP contribution in [0.1, 0.15) is 21.7 Å². The van der Waals surface area contributed by atoms with Crippen molar-refractivity contribution in [3.63, 3.8) is 0 Å². The second kappa shape index (κ2) is 5.83. The van der Waals surface area contributed by atoms with Gasteiger partial charge >= 0.3 is 5.97 Å². The molecule has 0 bridgehead atoms. The number of aromatic nitrogens is 2. The highest BCUT2D eigenvalue weighted by molar-refractivity contribution is 6.30. The lowest BCUT2D eigenvalue weighted by Crippen LogP contribution is -2.10. The van der Waals surface area contributed by atoms with Gasteiger partial charge in [-0.15, -0.1) is 0 Å². The first-order chi connectivity index (χ1) is 9.52. The van der Waals surface area contributed by atoms with Crippen molar-refractivity contribution in [2.75, 3.05) is 12.8 Å². The molecule has 2 aromatic rings. The summed E-state index contributed by atoms with van der Waals surface area (Å²) in [5, 5.41) is 0.0293. The smallest absolute Gasteiger partial charge is 0.343 e. The lowest BCUT2D eigenvalue weighted by atomic mass is 10.1. The first-order valence-electron chi connectivity index (χ1n) is 5.65. The van der Waals surface area contributed by atoms with E-state index >= 15 is 0 Å². The Bertz CT molecular complexity index is 664. The number of halogens is 2. The van der Waals surface area contributed by atoms with E-state index in [9.17, 15) is 9.18 Å². The summed E-state index contributed by atoms with van der Waals surface area (Å²) in [6.45, 7) is 0. The molecule has 5 nitrogen and oxygen atoms in total. The number of ether oxygens (including phenoxy) is 1. The Morgan fingerprint density at radius 2 is 2.25 bits per heavy atom. The Morgan fingerprint density at radius 1 is 1.50 bits per heavy atom. The maximum absolute atomic E-state index is 13.8. The van der Waals surface area contributed by atoms with Crippen LogP contribution in [0, 0.1) is 5.82 Å². The van der Waals surface area contributed by atoms with Gasteiger partial charge in [0, 0.05) is 12.6 Å². The summed E-state index contributed by atoms with van der Waals surface area (Å²) < 4.78 is 18.3. The van der Waals surface area contributed by atoms with Gasteiger partial charge in [0.15, 0.2) is 0 Å². The Morgan fingerprint density at radius 3 is 2.90 bits per heavy atom. The monoisotopic (exact) mass is 295 g/mol. The highest BCUT2D eigenvalue weighted by atomic mass is 35.5. The maximum Gasteiger partial charge on any atom is 0.343 e. The van der Waals surface area contributed by atoms with E-state index in [4.69, 9.17) is 17.3 Å². The lowest BCUT2D eigenvalue weighted by Gasteiger charge is -2.06. The molecule has 0 fully saturated rings. The van der Waals surface area contributed by atoms with Gasteiger partial charge in [0.2, 0.25) is 0 Å². The Balaban J connectivity index is 2.29. The van der Waals surface area contributed by atoms with E-state index in [1.165, 1.54) is 19.4 Å². The number of hydrogen-bond donors (Lipinski definition) is 1. The Labute approximate surface area is 119 Å². The van der Waals surface area contributed by atoms with Crippen molar-refractivity contribution in [2.45, 2.75) is 6.42 Å². The molecule has 104 valence electrons. The lowest BCUT2D eigenvalue weighted by molar-refractivity contribution is 0.0601. The minimum Gasteiger partial charge on any atom is -0.465 e. The standard InChI is InChI=1S/C13H11ClFN3O2/c1-20-13(19)8-6-17-10(18-12(8)16)5-7-3-2-4-9(14)11(7)15/h2-4,6H,5H2,1H3,(H2,16,17,18). The van der Waals surface area contributed by atoms with Crippen molar-refractivity contribution < 1.29 is 13.9 Å². The molecule has 0 aliphatic rings. The fourth-order valence-corrected chi connectivity index (χ4v) is 1.84. The number of esters is 1. The molecule has 7 heteroatoms. The van der Waals surface area contributed by atoms with Crippen LogP contribution < -0.4 is 5.73 Å². The first kappa shape index (κ1) is 14.2. The summed E-state index contributed by atoms with van der Waals surface area (Å²) in [5.74, 6) is -0.864. The summed E-state index contributed by atoms with van der Waals surface area (Å²) in [5.41, 5.74) is 6.07. The van der Waals surface area contributed by atoms with Crippen LogP contribution >= 0.6 is 11.6 Å². The Hall–Kier alpha value is -2.21. The highest BCUT2D eigenvalue weighted by Gasteiger charge is 2.14. The van der Waals surface area contributed by atoms with Gasteiger partial charge in [-0.05, 0) is 11.6 Å². The van der Waals surface area contributed by atoms with Crippen LogP contribution in [0.15, 0.2) is 24.4 Å². The van der Waals surface area contributed by atoms with E-state index < -0.39 is 11.8 Å². The van der Waals surface area contributed by atoms with Crippen LogP contribution in [0.25, 0.3) is 0 Å². The predicted molar refractivity (Wildman–Crippen MR) is 72.0 cm³/mol. The second-order valence-electron chi connectivity index (χ2n) is 3.97. The topological polar surface area (TPSA) is 78.1 Å². The zero-order chi connectivity index (χ0) is 14.7. The minimum atomic E-state index is -0.622. The fourth-order valence-electron chi connectivity index (χ4n) is 1.64. The molecule has 0 aliphatic heterocycles. The number of nitrogens with zero attached hydrogens (tertiary/aromatic N) is 2. The van der Waals surface area contributed by atoms with Crippen molar-refractivity contribution >= 4 is 23.4 Å². The normalized spacial score (nSPS) is 10.3. The third kappa shape index (κ3) is 2.85. The second-order valence-corrected chi connectivity index (χ2v) is 4.37. The molecule has 20 heavy (non-hydrogen) atoms. The van der Waals surface area contributed by atoms with Gasteiger partial charge in [0.25, 0.3) is 0 Å². The van der Waals surface area contributed by atoms with E-state index in [-0.39, 0.29) is 28.6 Å². The van der Waals surface area contributed by atoms with Crippen molar-refractivity contribution in [3.8, 4) is 0 Å². The molecule has 0 saturated carbocycles. The number of nitrogen functional groups attached to an aromatic ring is 1. The number of rotatable bonds is 3. The third-order valence-electron chi connectivity index (χ3n) is 2.65. The number of anilines is 1. The number of benzene rings is 1. The van der Waals surface area contributed by atoms with Crippen molar-refractivity contribution in [1.29, 1.82) is 0 Å². The highest BCUT2D eigenvalue weighted by Crippen LogP contribution is 2.20. The summed E-state index contributed by atoms with van der Waals surface area (Å²) in [6, 6.07) is 4.66. The van der Waals surface area contributed by atoms with Crippen molar-refractivity contribution in [3.05, 3.63) is 52.2 Å². The van der Waals surface area contributed by atoms with Gasteiger partial charge in [0.05, 0.1) is 12.1 Å². The van der Waals surface area contributed by atoms with Crippen LogP contribution in [0.2, 0.25) is 5.02 Å². The zero-order valence-corrected chi connectivity index (χ0v) is 11.3. The summed E-state index contributed by atoms with van der Waals surface area (Å²) in [6.07, 6.45) is 1.38. The van der Waals surface area contributed by atoms with Gasteiger partial charge in [0.1, 0.15) is 23.0 Å².